The first-order chi connectivity index (χ1) is 18.9. The van der Waals surface area contributed by atoms with Crippen LogP contribution in [0.25, 0.3) is 0 Å². The topological polar surface area (TPSA) is 95.1 Å². The van der Waals surface area contributed by atoms with Crippen LogP contribution in [-0.4, -0.2) is 19.4 Å². The highest BCUT2D eigenvalue weighted by Crippen LogP contribution is 2.43. The van der Waals surface area contributed by atoms with Gasteiger partial charge in [-0.1, -0.05) is 78.9 Å². The summed E-state index contributed by atoms with van der Waals surface area (Å²) in [6.45, 7) is 5.77. The first-order valence-electron chi connectivity index (χ1n) is 12.6. The third kappa shape index (κ3) is 6.78. The number of alkyl carbamates (subject to hydrolysis) is 1. The summed E-state index contributed by atoms with van der Waals surface area (Å²) in [4.78, 5) is 25.3. The maximum absolute atomic E-state index is 13.1. The summed E-state index contributed by atoms with van der Waals surface area (Å²) in [5, 5.41) is 6.03. The zero-order valence-electron chi connectivity index (χ0n) is 22.4. The maximum atomic E-state index is 13.1. The van der Waals surface area contributed by atoms with Gasteiger partial charge in [0.15, 0.2) is 0 Å². The van der Waals surface area contributed by atoms with Crippen LogP contribution >= 0.6 is 0 Å². The van der Waals surface area contributed by atoms with E-state index in [1.807, 2.05) is 91.9 Å². The van der Waals surface area contributed by atoms with E-state index in [2.05, 4.69) is 10.6 Å². The van der Waals surface area contributed by atoms with Crippen molar-refractivity contribution in [1.29, 1.82) is 0 Å². The molecule has 0 aromatic heterocycles. The number of rotatable bonds is 8. The number of amides is 1. The van der Waals surface area contributed by atoms with Gasteiger partial charge < -0.3 is 29.6 Å². The van der Waals surface area contributed by atoms with Crippen molar-refractivity contribution in [2.24, 2.45) is 0 Å². The molecule has 0 spiro atoms. The maximum Gasteiger partial charge on any atom is 0.513 e. The summed E-state index contributed by atoms with van der Waals surface area (Å²) < 4.78 is 22.5. The summed E-state index contributed by atoms with van der Waals surface area (Å²) >= 11 is 0. The molecule has 1 aliphatic rings. The number of nitrogens with one attached hydrogen (secondary N) is 2. The fourth-order valence-corrected chi connectivity index (χ4v) is 4.36. The lowest BCUT2D eigenvalue weighted by atomic mass is 9.90. The van der Waals surface area contributed by atoms with Crippen LogP contribution in [0, 0.1) is 0 Å². The summed E-state index contributed by atoms with van der Waals surface area (Å²) in [6, 6.07) is 26.4. The molecule has 0 unspecified atom stereocenters. The van der Waals surface area contributed by atoms with Crippen LogP contribution in [0.2, 0.25) is 0 Å². The van der Waals surface area contributed by atoms with Crippen molar-refractivity contribution in [2.45, 2.75) is 39.3 Å². The van der Waals surface area contributed by atoms with Crippen molar-refractivity contribution in [2.75, 3.05) is 7.11 Å². The summed E-state index contributed by atoms with van der Waals surface area (Å²) in [6.07, 6.45) is -1.54. The predicted molar refractivity (Wildman–Crippen MR) is 146 cm³/mol. The number of methoxy groups -OCH3 is 1. The molecule has 3 aromatic carbocycles. The molecule has 3 aromatic rings. The van der Waals surface area contributed by atoms with Gasteiger partial charge in [0.05, 0.1) is 24.5 Å². The van der Waals surface area contributed by atoms with Crippen molar-refractivity contribution >= 4 is 12.2 Å². The molecule has 0 bridgehead atoms. The molecular formula is C31H32N2O6. The van der Waals surface area contributed by atoms with Gasteiger partial charge in [-0.3, -0.25) is 0 Å². The fourth-order valence-electron chi connectivity index (χ4n) is 4.36. The van der Waals surface area contributed by atoms with E-state index in [0.29, 0.717) is 29.3 Å². The Morgan fingerprint density at radius 3 is 2.10 bits per heavy atom. The molecule has 2 N–H and O–H groups in total. The van der Waals surface area contributed by atoms with Crippen molar-refractivity contribution in [3.05, 3.63) is 125 Å². The predicted octanol–water partition coefficient (Wildman–Crippen LogP) is 6.69. The van der Waals surface area contributed by atoms with Crippen molar-refractivity contribution in [1.82, 2.24) is 10.6 Å². The van der Waals surface area contributed by atoms with Crippen molar-refractivity contribution in [3.8, 4) is 5.75 Å². The summed E-state index contributed by atoms with van der Waals surface area (Å²) in [5.41, 5.74) is 3.75. The molecule has 0 aliphatic carbocycles. The molecule has 0 saturated carbocycles. The van der Waals surface area contributed by atoms with Gasteiger partial charge in [0.1, 0.15) is 29.8 Å². The average Bonchev–Trinajstić information content (AvgIpc) is 2.95. The number of para-hydroxylation sites is 1. The number of ether oxygens (including phenoxy) is 4. The minimum absolute atomic E-state index is 0.238. The SMILES string of the molecule is COC(=O)OC1=C(C)NC(C)=C(OC(=O)N[C@H](C)c2ccccc2)[C@@H]1c1ccccc1OCc1ccccc1. The van der Waals surface area contributed by atoms with Gasteiger partial charge in [0.25, 0.3) is 0 Å². The van der Waals surface area contributed by atoms with E-state index < -0.39 is 18.2 Å². The van der Waals surface area contributed by atoms with Crippen LogP contribution in [0.1, 0.15) is 49.4 Å². The Bertz CT molecular complexity index is 1370. The molecule has 1 heterocycles. The third-order valence-electron chi connectivity index (χ3n) is 6.30. The van der Waals surface area contributed by atoms with Gasteiger partial charge in [0, 0.05) is 5.56 Å². The molecule has 0 fully saturated rings. The summed E-state index contributed by atoms with van der Waals surface area (Å²) in [5.74, 6) is 0.296. The molecule has 1 aliphatic heterocycles. The van der Waals surface area contributed by atoms with Gasteiger partial charge in [0.2, 0.25) is 0 Å². The Balaban J connectivity index is 1.67. The Kier molecular flexibility index (Phi) is 8.89. The molecule has 8 nitrogen and oxygen atoms in total. The van der Waals surface area contributed by atoms with Gasteiger partial charge in [-0.25, -0.2) is 9.59 Å². The van der Waals surface area contributed by atoms with E-state index in [1.165, 1.54) is 7.11 Å². The van der Waals surface area contributed by atoms with E-state index in [-0.39, 0.29) is 17.6 Å². The number of dihydropyridines is 1. The summed E-state index contributed by atoms with van der Waals surface area (Å²) in [7, 11) is 1.23. The van der Waals surface area contributed by atoms with Gasteiger partial charge in [-0.15, -0.1) is 0 Å². The molecule has 202 valence electrons. The van der Waals surface area contributed by atoms with E-state index in [1.54, 1.807) is 13.8 Å². The van der Waals surface area contributed by atoms with Crippen LogP contribution in [-0.2, 0) is 20.8 Å². The molecule has 8 heteroatoms. The second kappa shape index (κ2) is 12.7. The van der Waals surface area contributed by atoms with Crippen molar-refractivity contribution in [3.63, 3.8) is 0 Å². The molecule has 1 amide bonds. The first kappa shape index (κ1) is 27.3. The van der Waals surface area contributed by atoms with E-state index in [9.17, 15) is 9.59 Å². The molecule has 39 heavy (non-hydrogen) atoms. The number of benzene rings is 3. The van der Waals surface area contributed by atoms with Crippen LogP contribution < -0.4 is 15.4 Å². The van der Waals surface area contributed by atoms with Crippen LogP contribution in [0.5, 0.6) is 5.75 Å². The first-order valence-corrected chi connectivity index (χ1v) is 12.6. The number of hydrogen-bond donors (Lipinski definition) is 2. The molecule has 0 saturated heterocycles. The van der Waals surface area contributed by atoms with Gasteiger partial charge in [-0.05, 0) is 38.0 Å². The monoisotopic (exact) mass is 528 g/mol. The van der Waals surface area contributed by atoms with Gasteiger partial charge >= 0.3 is 12.2 Å². The Hall–Kier alpha value is -4.72. The highest BCUT2D eigenvalue weighted by molar-refractivity contribution is 5.70. The average molecular weight is 529 g/mol. The minimum Gasteiger partial charge on any atom is -0.489 e. The molecule has 0 radical (unpaired) electrons. The normalized spacial score (nSPS) is 15.6. The second-order valence-corrected chi connectivity index (χ2v) is 9.07. The Morgan fingerprint density at radius 2 is 1.44 bits per heavy atom. The number of hydrogen-bond acceptors (Lipinski definition) is 7. The van der Waals surface area contributed by atoms with Crippen LogP contribution in [0.4, 0.5) is 9.59 Å². The zero-order valence-corrected chi connectivity index (χ0v) is 22.4. The lowest BCUT2D eigenvalue weighted by Crippen LogP contribution is -2.33. The second-order valence-electron chi connectivity index (χ2n) is 9.07. The minimum atomic E-state index is -0.889. The highest BCUT2D eigenvalue weighted by Gasteiger charge is 2.37. The lowest BCUT2D eigenvalue weighted by molar-refractivity contribution is 0.0885. The lowest BCUT2D eigenvalue weighted by Gasteiger charge is -2.31. The van der Waals surface area contributed by atoms with E-state index in [0.717, 1.165) is 11.1 Å². The fraction of sp³-hybridized carbons (Fsp3) is 0.226. The molecular weight excluding hydrogens is 496 g/mol. The van der Waals surface area contributed by atoms with E-state index in [4.69, 9.17) is 18.9 Å². The zero-order chi connectivity index (χ0) is 27.8. The third-order valence-corrected chi connectivity index (χ3v) is 6.30. The van der Waals surface area contributed by atoms with E-state index >= 15 is 0 Å². The quantitative estimate of drug-likeness (QED) is 0.315. The number of carbonyl (C=O) groups is 2. The smallest absolute Gasteiger partial charge is 0.489 e. The number of allylic oxidation sites excluding steroid dienone is 2. The molecule has 2 atom stereocenters. The highest BCUT2D eigenvalue weighted by atomic mass is 16.7. The van der Waals surface area contributed by atoms with Crippen LogP contribution in [0.3, 0.4) is 0 Å². The Morgan fingerprint density at radius 1 is 0.846 bits per heavy atom. The standard InChI is InChI=1S/C31H32N2O6/c1-20(24-15-9-6-10-16-24)33-30(34)38-28-21(2)32-22(3)29(39-31(35)36-4)27(28)25-17-11-12-18-26(25)37-19-23-13-7-5-8-14-23/h5-18,20,27,32H,19H2,1-4H3,(H,33,34)/t20-,27+/m1/s1. The van der Waals surface area contributed by atoms with Crippen LogP contribution in [0.15, 0.2) is 108 Å². The largest absolute Gasteiger partial charge is 0.513 e. The Labute approximate surface area is 228 Å². The van der Waals surface area contributed by atoms with Gasteiger partial charge in [-0.2, -0.15) is 0 Å². The van der Waals surface area contributed by atoms with Crippen molar-refractivity contribution < 1.29 is 28.5 Å². The number of carbonyl (C=O) groups excluding carboxylic acids is 2. The molecule has 4 rings (SSSR count).